The molecule has 0 aromatic heterocycles. The van der Waals surface area contributed by atoms with Crippen LogP contribution in [0.5, 0.6) is 0 Å². The van der Waals surface area contributed by atoms with E-state index in [2.05, 4.69) is 19.2 Å². The first-order chi connectivity index (χ1) is 7.58. The molecule has 0 saturated heterocycles. The quantitative estimate of drug-likeness (QED) is 0.780. The SMILES string of the molecule is CC(C)COCCNc1cc(Cl)cc(Cl)c1. The van der Waals surface area contributed by atoms with Gasteiger partial charge in [-0.05, 0) is 24.1 Å². The molecular formula is C12H17Cl2NO. The zero-order chi connectivity index (χ0) is 12.0. The van der Waals surface area contributed by atoms with Crippen LogP contribution in [-0.2, 0) is 4.74 Å². The summed E-state index contributed by atoms with van der Waals surface area (Å²) in [5.74, 6) is 0.570. The third-order valence-electron chi connectivity index (χ3n) is 1.89. The molecule has 0 saturated carbocycles. The third kappa shape index (κ3) is 5.59. The van der Waals surface area contributed by atoms with Crippen molar-refractivity contribution in [2.45, 2.75) is 13.8 Å². The number of benzene rings is 1. The number of hydrogen-bond donors (Lipinski definition) is 1. The first kappa shape index (κ1) is 13.6. The summed E-state index contributed by atoms with van der Waals surface area (Å²) in [5, 5.41) is 4.48. The fourth-order valence-corrected chi connectivity index (χ4v) is 1.77. The summed E-state index contributed by atoms with van der Waals surface area (Å²) in [6.07, 6.45) is 0. The van der Waals surface area contributed by atoms with Gasteiger partial charge >= 0.3 is 0 Å². The molecule has 0 aliphatic rings. The minimum absolute atomic E-state index is 0.570. The molecule has 0 bridgehead atoms. The van der Waals surface area contributed by atoms with E-state index < -0.39 is 0 Å². The van der Waals surface area contributed by atoms with Gasteiger partial charge in [-0.3, -0.25) is 0 Å². The van der Waals surface area contributed by atoms with Gasteiger partial charge in [0, 0.05) is 28.9 Å². The number of nitrogens with one attached hydrogen (secondary N) is 1. The predicted octanol–water partition coefficient (Wildman–Crippen LogP) is 4.08. The molecule has 1 N–H and O–H groups in total. The maximum atomic E-state index is 5.88. The molecule has 1 rings (SSSR count). The van der Waals surface area contributed by atoms with Crippen LogP contribution in [0.15, 0.2) is 18.2 Å². The van der Waals surface area contributed by atoms with Crippen LogP contribution in [0.25, 0.3) is 0 Å². The van der Waals surface area contributed by atoms with Gasteiger partial charge in [0.2, 0.25) is 0 Å². The normalized spacial score (nSPS) is 10.8. The van der Waals surface area contributed by atoms with Gasteiger partial charge < -0.3 is 10.1 Å². The largest absolute Gasteiger partial charge is 0.383 e. The van der Waals surface area contributed by atoms with Crippen molar-refractivity contribution in [1.29, 1.82) is 0 Å². The highest BCUT2D eigenvalue weighted by Crippen LogP contribution is 2.22. The maximum absolute atomic E-state index is 5.88. The lowest BCUT2D eigenvalue weighted by molar-refractivity contribution is 0.118. The van der Waals surface area contributed by atoms with Crippen molar-refractivity contribution in [2.75, 3.05) is 25.1 Å². The Kier molecular flexibility index (Phi) is 5.96. The van der Waals surface area contributed by atoms with Gasteiger partial charge in [-0.1, -0.05) is 37.0 Å². The molecule has 0 aliphatic carbocycles. The molecule has 0 unspecified atom stereocenters. The molecule has 0 heterocycles. The molecule has 1 aromatic carbocycles. The number of rotatable bonds is 6. The zero-order valence-electron chi connectivity index (χ0n) is 9.59. The summed E-state index contributed by atoms with van der Waals surface area (Å²) in [4.78, 5) is 0. The summed E-state index contributed by atoms with van der Waals surface area (Å²) in [6.45, 7) is 6.48. The second-order valence-electron chi connectivity index (χ2n) is 4.05. The Balaban J connectivity index is 2.26. The molecule has 90 valence electrons. The van der Waals surface area contributed by atoms with E-state index in [0.29, 0.717) is 22.6 Å². The topological polar surface area (TPSA) is 21.3 Å². The molecule has 1 aromatic rings. The van der Waals surface area contributed by atoms with Crippen LogP contribution in [0.1, 0.15) is 13.8 Å². The van der Waals surface area contributed by atoms with Crippen LogP contribution in [0.3, 0.4) is 0 Å². The van der Waals surface area contributed by atoms with Gasteiger partial charge in [0.05, 0.1) is 6.61 Å². The van der Waals surface area contributed by atoms with E-state index in [1.54, 1.807) is 6.07 Å². The van der Waals surface area contributed by atoms with Gasteiger partial charge in [-0.15, -0.1) is 0 Å². The minimum Gasteiger partial charge on any atom is -0.383 e. The van der Waals surface area contributed by atoms with Crippen molar-refractivity contribution in [3.05, 3.63) is 28.2 Å². The van der Waals surface area contributed by atoms with Gasteiger partial charge in [-0.2, -0.15) is 0 Å². The van der Waals surface area contributed by atoms with E-state index >= 15 is 0 Å². The average Bonchev–Trinajstić information content (AvgIpc) is 2.15. The first-order valence-corrected chi connectivity index (χ1v) is 6.11. The second-order valence-corrected chi connectivity index (χ2v) is 4.93. The van der Waals surface area contributed by atoms with Gasteiger partial charge in [0.25, 0.3) is 0 Å². The molecule has 0 amide bonds. The van der Waals surface area contributed by atoms with Crippen molar-refractivity contribution in [3.8, 4) is 0 Å². The second kappa shape index (κ2) is 7.00. The zero-order valence-corrected chi connectivity index (χ0v) is 11.1. The Bertz CT molecular complexity index is 309. The van der Waals surface area contributed by atoms with Crippen molar-refractivity contribution in [3.63, 3.8) is 0 Å². The van der Waals surface area contributed by atoms with Crippen LogP contribution in [0.4, 0.5) is 5.69 Å². The Morgan fingerprint density at radius 2 is 1.81 bits per heavy atom. The Hall–Kier alpha value is -0.440. The van der Waals surface area contributed by atoms with E-state index in [0.717, 1.165) is 18.8 Å². The van der Waals surface area contributed by atoms with Crippen molar-refractivity contribution < 1.29 is 4.74 Å². The molecule has 0 atom stereocenters. The van der Waals surface area contributed by atoms with E-state index in [4.69, 9.17) is 27.9 Å². The molecular weight excluding hydrogens is 245 g/mol. The lowest BCUT2D eigenvalue weighted by Crippen LogP contribution is -2.12. The van der Waals surface area contributed by atoms with Crippen molar-refractivity contribution >= 4 is 28.9 Å². The monoisotopic (exact) mass is 261 g/mol. The summed E-state index contributed by atoms with van der Waals surface area (Å²) in [7, 11) is 0. The Morgan fingerprint density at radius 1 is 1.19 bits per heavy atom. The van der Waals surface area contributed by atoms with Crippen LogP contribution >= 0.6 is 23.2 Å². The van der Waals surface area contributed by atoms with Crippen molar-refractivity contribution in [1.82, 2.24) is 0 Å². The number of halogens is 2. The van der Waals surface area contributed by atoms with Crippen LogP contribution < -0.4 is 5.32 Å². The highest BCUT2D eigenvalue weighted by molar-refractivity contribution is 6.35. The molecule has 0 aliphatic heterocycles. The number of ether oxygens (including phenoxy) is 1. The minimum atomic E-state index is 0.570. The van der Waals surface area contributed by atoms with Crippen LogP contribution in [-0.4, -0.2) is 19.8 Å². The Morgan fingerprint density at radius 3 is 2.38 bits per heavy atom. The highest BCUT2D eigenvalue weighted by atomic mass is 35.5. The lowest BCUT2D eigenvalue weighted by atomic mass is 10.2. The lowest BCUT2D eigenvalue weighted by Gasteiger charge is -2.09. The summed E-state index contributed by atoms with van der Waals surface area (Å²) >= 11 is 11.8. The highest BCUT2D eigenvalue weighted by Gasteiger charge is 1.98. The van der Waals surface area contributed by atoms with E-state index in [9.17, 15) is 0 Å². The maximum Gasteiger partial charge on any atom is 0.0639 e. The molecule has 0 fully saturated rings. The average molecular weight is 262 g/mol. The third-order valence-corrected chi connectivity index (χ3v) is 2.33. The molecule has 16 heavy (non-hydrogen) atoms. The Labute approximate surface area is 107 Å². The molecule has 0 radical (unpaired) electrons. The fourth-order valence-electron chi connectivity index (χ4n) is 1.24. The molecule has 4 heteroatoms. The van der Waals surface area contributed by atoms with Gasteiger partial charge in [-0.25, -0.2) is 0 Å². The van der Waals surface area contributed by atoms with Gasteiger partial charge in [0.15, 0.2) is 0 Å². The van der Waals surface area contributed by atoms with E-state index in [-0.39, 0.29) is 0 Å². The van der Waals surface area contributed by atoms with Crippen LogP contribution in [0, 0.1) is 5.92 Å². The molecule has 0 spiro atoms. The number of anilines is 1. The smallest absolute Gasteiger partial charge is 0.0639 e. The van der Waals surface area contributed by atoms with E-state index in [1.807, 2.05) is 12.1 Å². The van der Waals surface area contributed by atoms with Crippen LogP contribution in [0.2, 0.25) is 10.0 Å². The number of hydrogen-bond acceptors (Lipinski definition) is 2. The summed E-state index contributed by atoms with van der Waals surface area (Å²) in [6, 6.07) is 5.40. The van der Waals surface area contributed by atoms with Crippen molar-refractivity contribution in [2.24, 2.45) is 5.92 Å². The fraction of sp³-hybridized carbons (Fsp3) is 0.500. The summed E-state index contributed by atoms with van der Waals surface area (Å²) < 4.78 is 5.45. The predicted molar refractivity (Wildman–Crippen MR) is 70.6 cm³/mol. The summed E-state index contributed by atoms with van der Waals surface area (Å²) in [5.41, 5.74) is 0.922. The standard InChI is InChI=1S/C12H17Cl2NO/c1-9(2)8-16-4-3-15-12-6-10(13)5-11(14)7-12/h5-7,9,15H,3-4,8H2,1-2H3. The van der Waals surface area contributed by atoms with Gasteiger partial charge in [0.1, 0.15) is 0 Å². The first-order valence-electron chi connectivity index (χ1n) is 5.35. The van der Waals surface area contributed by atoms with E-state index in [1.165, 1.54) is 0 Å². The molecule has 2 nitrogen and oxygen atoms in total.